The fourth-order valence-corrected chi connectivity index (χ4v) is 4.09. The van der Waals surface area contributed by atoms with Gasteiger partial charge in [-0.2, -0.15) is 9.78 Å². The van der Waals surface area contributed by atoms with E-state index in [1.807, 2.05) is 13.8 Å². The van der Waals surface area contributed by atoms with Gasteiger partial charge in [-0.15, -0.1) is 0 Å². The molecule has 12 heteroatoms. The molecule has 0 fully saturated rings. The number of carbonyl (C=O) groups is 1. The van der Waals surface area contributed by atoms with Gasteiger partial charge in [-0.1, -0.05) is 48.0 Å². The molecule has 0 aliphatic rings. The lowest BCUT2D eigenvalue weighted by Gasteiger charge is -2.14. The molecule has 1 N–H and O–H groups in total. The first-order chi connectivity index (χ1) is 18.7. The van der Waals surface area contributed by atoms with Crippen molar-refractivity contribution in [2.75, 3.05) is 11.9 Å². The van der Waals surface area contributed by atoms with Crippen LogP contribution in [0.2, 0.25) is 0 Å². The van der Waals surface area contributed by atoms with Gasteiger partial charge in [0.25, 0.3) is 11.5 Å². The van der Waals surface area contributed by atoms with Crippen LogP contribution in [0.15, 0.2) is 75.0 Å². The number of amides is 1. The normalized spacial score (nSPS) is 12.0. The summed E-state index contributed by atoms with van der Waals surface area (Å²) in [6.45, 7) is 3.23. The molecule has 0 radical (unpaired) electrons. The molecule has 10 nitrogen and oxygen atoms in total. The molecule has 0 unspecified atom stereocenters. The van der Waals surface area contributed by atoms with Crippen LogP contribution in [0.5, 0.6) is 5.75 Å². The van der Waals surface area contributed by atoms with E-state index >= 15 is 0 Å². The summed E-state index contributed by atoms with van der Waals surface area (Å²) < 4.78 is 21.3. The number of nitrogens with zero attached hydrogens (tertiary/aromatic N) is 4. The average molecular weight is 596 g/mol. The number of nitrogens with one attached hydrogen (secondary N) is 1. The molecule has 1 heterocycles. The second kappa shape index (κ2) is 11.9. The Bertz CT molecular complexity index is 1660. The summed E-state index contributed by atoms with van der Waals surface area (Å²) in [7, 11) is 0. The number of aromatic nitrogens is 2. The smallest absolute Gasteiger partial charge is 0.311 e. The zero-order valence-corrected chi connectivity index (χ0v) is 22.5. The Morgan fingerprint density at radius 1 is 1.26 bits per heavy atom. The van der Waals surface area contributed by atoms with Crippen LogP contribution >= 0.6 is 15.9 Å². The minimum absolute atomic E-state index is 0.0529. The Morgan fingerprint density at radius 3 is 2.74 bits per heavy atom. The highest BCUT2D eigenvalue weighted by atomic mass is 79.9. The lowest BCUT2D eigenvalue weighted by Crippen LogP contribution is -2.24. The summed E-state index contributed by atoms with van der Waals surface area (Å²) in [6.07, 6.45) is 1.93. The van der Waals surface area contributed by atoms with Crippen LogP contribution in [0, 0.1) is 15.9 Å². The third-order valence-electron chi connectivity index (χ3n) is 5.92. The number of para-hydroxylation sites is 2. The van der Waals surface area contributed by atoms with Gasteiger partial charge in [0.1, 0.15) is 11.6 Å². The van der Waals surface area contributed by atoms with E-state index in [-0.39, 0.29) is 22.9 Å². The molecule has 3 aromatic carbocycles. The summed E-state index contributed by atoms with van der Waals surface area (Å²) in [6, 6.07) is 14.9. The van der Waals surface area contributed by atoms with E-state index in [4.69, 9.17) is 4.74 Å². The number of nitro groups is 1. The molecule has 0 saturated carbocycles. The lowest BCUT2D eigenvalue weighted by atomic mass is 10.1. The SMILES string of the molecule is CC[C@H](C)c1nc2ccc(Br)cc2c(=O)n1N=Cc1cccc([N+](=O)[O-])c1OCC(=O)Nc1ccccc1F. The zero-order chi connectivity index (χ0) is 28.1. The molecule has 1 atom stereocenters. The van der Waals surface area contributed by atoms with Crippen LogP contribution in [0.25, 0.3) is 10.9 Å². The van der Waals surface area contributed by atoms with E-state index in [2.05, 4.69) is 31.3 Å². The van der Waals surface area contributed by atoms with Crippen molar-refractivity contribution < 1.29 is 18.8 Å². The first-order valence-electron chi connectivity index (χ1n) is 11.9. The summed E-state index contributed by atoms with van der Waals surface area (Å²) >= 11 is 3.36. The molecule has 0 bridgehead atoms. The lowest BCUT2D eigenvalue weighted by molar-refractivity contribution is -0.385. The summed E-state index contributed by atoms with van der Waals surface area (Å²) in [5.41, 5.74) is -0.204. The van der Waals surface area contributed by atoms with E-state index < -0.39 is 34.5 Å². The van der Waals surface area contributed by atoms with E-state index in [1.165, 1.54) is 42.6 Å². The number of carbonyl (C=O) groups excluding carboxylic acids is 1. The molecule has 1 amide bonds. The molecular formula is C27H23BrFN5O5. The van der Waals surface area contributed by atoms with Crippen LogP contribution in [-0.2, 0) is 4.79 Å². The maximum Gasteiger partial charge on any atom is 0.311 e. The fraction of sp³-hybridized carbons (Fsp3) is 0.185. The van der Waals surface area contributed by atoms with Crippen LogP contribution in [-0.4, -0.2) is 33.3 Å². The van der Waals surface area contributed by atoms with E-state index in [1.54, 1.807) is 24.3 Å². The van der Waals surface area contributed by atoms with Gasteiger partial charge in [-0.3, -0.25) is 19.7 Å². The molecule has 1 aromatic heterocycles. The summed E-state index contributed by atoms with van der Waals surface area (Å²) in [5.74, 6) is -1.29. The Labute approximate surface area is 230 Å². The van der Waals surface area contributed by atoms with Crippen LogP contribution < -0.4 is 15.6 Å². The van der Waals surface area contributed by atoms with Crippen LogP contribution in [0.3, 0.4) is 0 Å². The number of fused-ring (bicyclic) bond motifs is 1. The maximum atomic E-state index is 13.9. The third-order valence-corrected chi connectivity index (χ3v) is 6.41. The largest absolute Gasteiger partial charge is 0.476 e. The molecule has 0 aliphatic carbocycles. The number of ether oxygens (including phenoxy) is 1. The fourth-order valence-electron chi connectivity index (χ4n) is 3.73. The van der Waals surface area contributed by atoms with Gasteiger partial charge in [0, 0.05) is 22.0 Å². The van der Waals surface area contributed by atoms with Crippen molar-refractivity contribution in [3.05, 3.63) is 103 Å². The Morgan fingerprint density at radius 2 is 2.03 bits per heavy atom. The van der Waals surface area contributed by atoms with E-state index in [0.717, 1.165) is 4.68 Å². The quantitative estimate of drug-likeness (QED) is 0.152. The number of nitro benzene ring substituents is 1. The van der Waals surface area contributed by atoms with Gasteiger partial charge in [-0.05, 0) is 42.8 Å². The molecule has 0 spiro atoms. The minimum atomic E-state index is -0.722. The Balaban J connectivity index is 1.71. The zero-order valence-electron chi connectivity index (χ0n) is 20.9. The maximum absolute atomic E-state index is 13.9. The van der Waals surface area contributed by atoms with E-state index in [9.17, 15) is 24.1 Å². The van der Waals surface area contributed by atoms with Crippen molar-refractivity contribution in [2.45, 2.75) is 26.2 Å². The Kier molecular flexibility index (Phi) is 8.45. The average Bonchev–Trinajstić information content (AvgIpc) is 2.92. The van der Waals surface area contributed by atoms with Gasteiger partial charge < -0.3 is 10.1 Å². The second-order valence-electron chi connectivity index (χ2n) is 8.57. The molecule has 0 aliphatic heterocycles. The van der Waals surface area contributed by atoms with Crippen molar-refractivity contribution in [3.8, 4) is 5.75 Å². The van der Waals surface area contributed by atoms with Crippen LogP contribution in [0.1, 0.15) is 37.6 Å². The van der Waals surface area contributed by atoms with Gasteiger partial charge in [0.15, 0.2) is 6.61 Å². The van der Waals surface area contributed by atoms with Crippen LogP contribution in [0.4, 0.5) is 15.8 Å². The van der Waals surface area contributed by atoms with Crippen molar-refractivity contribution in [2.24, 2.45) is 5.10 Å². The van der Waals surface area contributed by atoms with Gasteiger partial charge in [0.05, 0.1) is 27.7 Å². The monoisotopic (exact) mass is 595 g/mol. The molecular weight excluding hydrogens is 573 g/mol. The number of hydrogen-bond donors (Lipinski definition) is 1. The van der Waals surface area contributed by atoms with Crippen molar-refractivity contribution in [1.82, 2.24) is 9.66 Å². The Hall–Kier alpha value is -4.45. The first kappa shape index (κ1) is 27.6. The molecule has 4 rings (SSSR count). The number of rotatable bonds is 9. The van der Waals surface area contributed by atoms with E-state index in [0.29, 0.717) is 27.6 Å². The standard InChI is InChI=1S/C27H23BrFN5O5/c1-3-16(2)26-32-21-12-11-18(28)13-19(21)27(36)33(26)30-14-17-7-6-10-23(34(37)38)25(17)39-15-24(35)31-22-9-5-4-8-20(22)29/h4-14,16H,3,15H2,1-2H3,(H,31,35)/t16-/m0/s1. The van der Waals surface area contributed by atoms with Crippen molar-refractivity contribution >= 4 is 50.3 Å². The number of anilines is 1. The second-order valence-corrected chi connectivity index (χ2v) is 9.49. The predicted molar refractivity (Wildman–Crippen MR) is 149 cm³/mol. The topological polar surface area (TPSA) is 129 Å². The number of halogens is 2. The molecule has 0 saturated heterocycles. The van der Waals surface area contributed by atoms with Crippen molar-refractivity contribution in [1.29, 1.82) is 0 Å². The highest BCUT2D eigenvalue weighted by Crippen LogP contribution is 2.30. The van der Waals surface area contributed by atoms with Gasteiger partial charge >= 0.3 is 5.69 Å². The summed E-state index contributed by atoms with van der Waals surface area (Å²) in [5, 5.41) is 18.7. The van der Waals surface area contributed by atoms with Gasteiger partial charge in [0.2, 0.25) is 5.75 Å². The first-order valence-corrected chi connectivity index (χ1v) is 12.7. The molecule has 39 heavy (non-hydrogen) atoms. The third kappa shape index (κ3) is 6.17. The number of hydrogen-bond acceptors (Lipinski definition) is 7. The number of benzene rings is 3. The highest BCUT2D eigenvalue weighted by molar-refractivity contribution is 9.10. The summed E-state index contributed by atoms with van der Waals surface area (Å²) in [4.78, 5) is 41.5. The minimum Gasteiger partial charge on any atom is -0.476 e. The molecule has 200 valence electrons. The van der Waals surface area contributed by atoms with Crippen molar-refractivity contribution in [3.63, 3.8) is 0 Å². The van der Waals surface area contributed by atoms with Gasteiger partial charge in [-0.25, -0.2) is 9.37 Å². The predicted octanol–water partition coefficient (Wildman–Crippen LogP) is 5.62. The molecule has 4 aromatic rings. The highest BCUT2D eigenvalue weighted by Gasteiger charge is 2.21.